The molecule has 332 valence electrons. The van der Waals surface area contributed by atoms with Gasteiger partial charge in [0.1, 0.15) is 13.2 Å². The van der Waals surface area contributed by atoms with Gasteiger partial charge in [-0.2, -0.15) is 0 Å². The van der Waals surface area contributed by atoms with Gasteiger partial charge in [0.05, 0.1) is 0 Å². The van der Waals surface area contributed by atoms with Gasteiger partial charge in [-0.25, -0.2) is 0 Å². The number of ether oxygens (including phenoxy) is 3. The van der Waals surface area contributed by atoms with Gasteiger partial charge in [-0.15, -0.1) is 0 Å². The fraction of sp³-hybridized carbons (Fsp3) is 0.712. The van der Waals surface area contributed by atoms with Crippen LogP contribution in [0.4, 0.5) is 0 Å². The molecule has 6 heteroatoms. The van der Waals surface area contributed by atoms with E-state index in [9.17, 15) is 14.4 Å². The van der Waals surface area contributed by atoms with Gasteiger partial charge in [-0.1, -0.05) is 171 Å². The van der Waals surface area contributed by atoms with E-state index in [2.05, 4.69) is 93.7 Å². The molecule has 0 aromatic carbocycles. The standard InChI is InChI=1S/C52H88O6/c1-4-7-10-13-16-19-22-25-28-30-33-36-39-42-45-51(54)57-48-49(58-52(55)46-43-40-37-34-31-27-24-21-18-15-12-9-6-3)47-56-50(53)44-41-38-35-32-29-26-23-20-17-14-11-8-5-2/h9,12-13,16,18,20-23,25,27,31,49H,4-8,10-11,14-15,17,19,24,26,28-30,32-48H2,1-3H3/b12-9-,16-13-,21-18-,23-20-,25-22-,31-27-. The monoisotopic (exact) mass is 809 g/mol. The molecule has 0 heterocycles. The number of hydrogen-bond acceptors (Lipinski definition) is 6. The van der Waals surface area contributed by atoms with Crippen molar-refractivity contribution in [1.29, 1.82) is 0 Å². The van der Waals surface area contributed by atoms with Crippen LogP contribution < -0.4 is 0 Å². The van der Waals surface area contributed by atoms with Crippen molar-refractivity contribution in [2.45, 2.75) is 226 Å². The van der Waals surface area contributed by atoms with Crippen LogP contribution in [0.3, 0.4) is 0 Å². The summed E-state index contributed by atoms with van der Waals surface area (Å²) in [6, 6.07) is 0. The first kappa shape index (κ1) is 54.9. The second-order valence-electron chi connectivity index (χ2n) is 15.6. The predicted molar refractivity (Wildman–Crippen MR) is 247 cm³/mol. The highest BCUT2D eigenvalue weighted by atomic mass is 16.6. The van der Waals surface area contributed by atoms with Crippen LogP contribution in [0, 0.1) is 0 Å². The van der Waals surface area contributed by atoms with E-state index in [4.69, 9.17) is 14.2 Å². The van der Waals surface area contributed by atoms with Crippen LogP contribution in [0.15, 0.2) is 72.9 Å². The van der Waals surface area contributed by atoms with Crippen molar-refractivity contribution in [1.82, 2.24) is 0 Å². The fourth-order valence-electron chi connectivity index (χ4n) is 6.29. The van der Waals surface area contributed by atoms with E-state index in [1.807, 2.05) is 0 Å². The number of unbranched alkanes of at least 4 members (excludes halogenated alkanes) is 19. The van der Waals surface area contributed by atoms with E-state index in [1.165, 1.54) is 64.2 Å². The topological polar surface area (TPSA) is 78.9 Å². The van der Waals surface area contributed by atoms with Crippen molar-refractivity contribution in [3.8, 4) is 0 Å². The van der Waals surface area contributed by atoms with Crippen molar-refractivity contribution in [2.24, 2.45) is 0 Å². The molecule has 1 atom stereocenters. The van der Waals surface area contributed by atoms with Crippen LogP contribution in [-0.4, -0.2) is 37.2 Å². The number of hydrogen-bond donors (Lipinski definition) is 0. The molecule has 58 heavy (non-hydrogen) atoms. The molecule has 0 rings (SSSR count). The van der Waals surface area contributed by atoms with Crippen molar-refractivity contribution >= 4 is 17.9 Å². The molecule has 0 saturated heterocycles. The lowest BCUT2D eigenvalue weighted by atomic mass is 10.1. The molecule has 6 nitrogen and oxygen atoms in total. The molecule has 0 bridgehead atoms. The van der Waals surface area contributed by atoms with Crippen LogP contribution in [0.2, 0.25) is 0 Å². The number of carbonyl (C=O) groups excluding carboxylic acids is 3. The van der Waals surface area contributed by atoms with E-state index in [1.54, 1.807) is 0 Å². The Morgan fingerprint density at radius 2 is 0.690 bits per heavy atom. The lowest BCUT2D eigenvalue weighted by Crippen LogP contribution is -2.30. The summed E-state index contributed by atoms with van der Waals surface area (Å²) in [7, 11) is 0. The predicted octanol–water partition coefficient (Wildman–Crippen LogP) is 15.5. The molecule has 0 amide bonds. The Bertz CT molecular complexity index is 1110. The minimum Gasteiger partial charge on any atom is -0.462 e. The van der Waals surface area contributed by atoms with Gasteiger partial charge >= 0.3 is 17.9 Å². The van der Waals surface area contributed by atoms with Gasteiger partial charge in [-0.05, 0) is 103 Å². The maximum absolute atomic E-state index is 12.7. The van der Waals surface area contributed by atoms with Crippen molar-refractivity contribution in [3.63, 3.8) is 0 Å². The average molecular weight is 809 g/mol. The second kappa shape index (κ2) is 46.5. The molecule has 1 unspecified atom stereocenters. The van der Waals surface area contributed by atoms with Crippen LogP contribution in [-0.2, 0) is 28.6 Å². The Hall–Kier alpha value is -3.15. The van der Waals surface area contributed by atoms with Gasteiger partial charge in [0.2, 0.25) is 0 Å². The summed E-state index contributed by atoms with van der Waals surface area (Å²) in [5.74, 6) is -0.953. The molecule has 0 aliphatic carbocycles. The number of rotatable bonds is 42. The number of allylic oxidation sites excluding steroid dienone is 12. The Labute approximate surface area is 357 Å². The van der Waals surface area contributed by atoms with Crippen LogP contribution in [0.1, 0.15) is 220 Å². The van der Waals surface area contributed by atoms with Crippen molar-refractivity contribution in [2.75, 3.05) is 13.2 Å². The summed E-state index contributed by atoms with van der Waals surface area (Å²) < 4.78 is 16.7. The van der Waals surface area contributed by atoms with E-state index >= 15 is 0 Å². The molecular weight excluding hydrogens is 721 g/mol. The summed E-state index contributed by atoms with van der Waals surface area (Å²) in [5, 5.41) is 0. The molecule has 0 radical (unpaired) electrons. The summed E-state index contributed by atoms with van der Waals surface area (Å²) in [5.41, 5.74) is 0. The molecule has 0 N–H and O–H groups in total. The first-order valence-electron chi connectivity index (χ1n) is 23.9. The lowest BCUT2D eigenvalue weighted by Gasteiger charge is -2.18. The highest BCUT2D eigenvalue weighted by molar-refractivity contribution is 5.71. The third kappa shape index (κ3) is 44.0. The average Bonchev–Trinajstić information content (AvgIpc) is 3.22. The van der Waals surface area contributed by atoms with Gasteiger partial charge in [0.25, 0.3) is 0 Å². The Morgan fingerprint density at radius 3 is 1.14 bits per heavy atom. The highest BCUT2D eigenvalue weighted by Gasteiger charge is 2.19. The number of esters is 3. The zero-order valence-electron chi connectivity index (χ0n) is 37.8. The largest absolute Gasteiger partial charge is 0.462 e. The Balaban J connectivity index is 4.47. The second-order valence-corrected chi connectivity index (χ2v) is 15.6. The molecule has 0 fully saturated rings. The van der Waals surface area contributed by atoms with E-state index in [0.717, 1.165) is 116 Å². The minimum absolute atomic E-state index is 0.0969. The van der Waals surface area contributed by atoms with E-state index in [-0.39, 0.29) is 37.5 Å². The van der Waals surface area contributed by atoms with Gasteiger partial charge in [0, 0.05) is 19.3 Å². The van der Waals surface area contributed by atoms with Crippen molar-refractivity contribution < 1.29 is 28.6 Å². The quantitative estimate of drug-likeness (QED) is 0.0264. The lowest BCUT2D eigenvalue weighted by molar-refractivity contribution is -0.167. The third-order valence-electron chi connectivity index (χ3n) is 9.91. The van der Waals surface area contributed by atoms with Crippen LogP contribution >= 0.6 is 0 Å². The molecular formula is C52H88O6. The smallest absolute Gasteiger partial charge is 0.306 e. The summed E-state index contributed by atoms with van der Waals surface area (Å²) in [6.07, 6.45) is 57.4. The molecule has 0 saturated carbocycles. The van der Waals surface area contributed by atoms with E-state index in [0.29, 0.717) is 12.8 Å². The third-order valence-corrected chi connectivity index (χ3v) is 9.91. The first-order chi connectivity index (χ1) is 28.5. The normalized spacial score (nSPS) is 12.7. The maximum Gasteiger partial charge on any atom is 0.306 e. The highest BCUT2D eigenvalue weighted by Crippen LogP contribution is 2.13. The first-order valence-corrected chi connectivity index (χ1v) is 23.9. The Kier molecular flexibility index (Phi) is 44.0. The maximum atomic E-state index is 12.7. The van der Waals surface area contributed by atoms with Gasteiger partial charge in [0.15, 0.2) is 6.10 Å². The summed E-state index contributed by atoms with van der Waals surface area (Å²) >= 11 is 0. The van der Waals surface area contributed by atoms with Crippen LogP contribution in [0.5, 0.6) is 0 Å². The zero-order chi connectivity index (χ0) is 42.3. The molecule has 0 aliphatic rings. The molecule has 0 aliphatic heterocycles. The number of carbonyl (C=O) groups is 3. The molecule has 0 spiro atoms. The molecule has 0 aromatic heterocycles. The SMILES string of the molecule is CC/C=C\C/C=C\C/C=C\CCCCCC(=O)OC(COC(=O)CCCCCCC/C=C\C/C=C\CCCC)COC(=O)CCCCCCC/C=C\CCCCCC. The summed E-state index contributed by atoms with van der Waals surface area (Å²) in [6.45, 7) is 6.41. The zero-order valence-corrected chi connectivity index (χ0v) is 37.8. The Morgan fingerprint density at radius 1 is 0.362 bits per heavy atom. The van der Waals surface area contributed by atoms with Crippen molar-refractivity contribution in [3.05, 3.63) is 72.9 Å². The van der Waals surface area contributed by atoms with Crippen LogP contribution in [0.25, 0.3) is 0 Å². The van der Waals surface area contributed by atoms with E-state index < -0.39 is 6.10 Å². The fourth-order valence-corrected chi connectivity index (χ4v) is 6.29. The minimum atomic E-state index is -0.798. The summed E-state index contributed by atoms with van der Waals surface area (Å²) in [4.78, 5) is 37.8. The molecule has 0 aromatic rings. The van der Waals surface area contributed by atoms with Gasteiger partial charge in [-0.3, -0.25) is 14.4 Å². The van der Waals surface area contributed by atoms with Gasteiger partial charge < -0.3 is 14.2 Å².